The van der Waals surface area contributed by atoms with Crippen molar-refractivity contribution >= 4 is 15.9 Å². The molecule has 0 radical (unpaired) electrons. The molecule has 0 unspecified atom stereocenters. The van der Waals surface area contributed by atoms with Gasteiger partial charge in [-0.1, -0.05) is 22.9 Å². The van der Waals surface area contributed by atoms with Gasteiger partial charge in [-0.05, 0) is 55.6 Å². The lowest BCUT2D eigenvalue weighted by atomic mass is 10.0. The average Bonchev–Trinajstić information content (AvgIpc) is 2.09. The fourth-order valence-electron chi connectivity index (χ4n) is 1.61. The lowest BCUT2D eigenvalue weighted by Gasteiger charge is -2.11. The number of hydrogen-bond donors (Lipinski definition) is 1. The summed E-state index contributed by atoms with van der Waals surface area (Å²) in [5, 5.41) is 3.44. The van der Waals surface area contributed by atoms with Gasteiger partial charge in [0.15, 0.2) is 0 Å². The highest BCUT2D eigenvalue weighted by atomic mass is 79.9. The van der Waals surface area contributed by atoms with Crippen molar-refractivity contribution in [2.45, 2.75) is 33.7 Å². The zero-order valence-electron chi connectivity index (χ0n) is 9.15. The van der Waals surface area contributed by atoms with E-state index in [0.29, 0.717) is 0 Å². The van der Waals surface area contributed by atoms with Gasteiger partial charge < -0.3 is 5.32 Å². The fourth-order valence-corrected chi connectivity index (χ4v) is 2.30. The SMILES string of the molecule is CCCNCc1c(C)cc(Br)cc1C. The van der Waals surface area contributed by atoms with E-state index in [1.54, 1.807) is 0 Å². The number of halogens is 1. The van der Waals surface area contributed by atoms with Crippen LogP contribution in [0.2, 0.25) is 0 Å². The smallest absolute Gasteiger partial charge is 0.0210 e. The molecular weight excluding hydrogens is 238 g/mol. The Morgan fingerprint density at radius 1 is 1.21 bits per heavy atom. The van der Waals surface area contributed by atoms with E-state index in [-0.39, 0.29) is 0 Å². The summed E-state index contributed by atoms with van der Waals surface area (Å²) in [5.41, 5.74) is 4.16. The van der Waals surface area contributed by atoms with Crippen LogP contribution in [-0.2, 0) is 6.54 Å². The van der Waals surface area contributed by atoms with Gasteiger partial charge in [0, 0.05) is 11.0 Å². The van der Waals surface area contributed by atoms with E-state index in [9.17, 15) is 0 Å². The summed E-state index contributed by atoms with van der Waals surface area (Å²) in [6, 6.07) is 4.35. The number of benzene rings is 1. The minimum absolute atomic E-state index is 0.985. The highest BCUT2D eigenvalue weighted by Crippen LogP contribution is 2.20. The predicted octanol–water partition coefficient (Wildman–Crippen LogP) is 3.57. The van der Waals surface area contributed by atoms with Crippen molar-refractivity contribution in [3.63, 3.8) is 0 Å². The molecule has 1 rings (SSSR count). The van der Waals surface area contributed by atoms with Crippen LogP contribution < -0.4 is 5.32 Å². The molecule has 0 spiro atoms. The van der Waals surface area contributed by atoms with E-state index in [1.807, 2.05) is 0 Å². The van der Waals surface area contributed by atoms with Gasteiger partial charge in [0.2, 0.25) is 0 Å². The van der Waals surface area contributed by atoms with E-state index < -0.39 is 0 Å². The lowest BCUT2D eigenvalue weighted by Crippen LogP contribution is -2.15. The zero-order chi connectivity index (χ0) is 10.6. The molecule has 14 heavy (non-hydrogen) atoms. The Morgan fingerprint density at radius 3 is 2.29 bits per heavy atom. The Hall–Kier alpha value is -0.340. The lowest BCUT2D eigenvalue weighted by molar-refractivity contribution is 0.671. The maximum absolute atomic E-state index is 3.51. The molecule has 1 aromatic carbocycles. The Labute approximate surface area is 95.0 Å². The van der Waals surface area contributed by atoms with Crippen molar-refractivity contribution in [3.8, 4) is 0 Å². The van der Waals surface area contributed by atoms with Crippen molar-refractivity contribution in [3.05, 3.63) is 33.3 Å². The molecule has 0 amide bonds. The normalized spacial score (nSPS) is 10.6. The van der Waals surface area contributed by atoms with Crippen molar-refractivity contribution in [1.82, 2.24) is 5.32 Å². The number of hydrogen-bond acceptors (Lipinski definition) is 1. The molecule has 1 aromatic rings. The highest BCUT2D eigenvalue weighted by Gasteiger charge is 2.03. The Kier molecular flexibility index (Phi) is 4.63. The van der Waals surface area contributed by atoms with Gasteiger partial charge >= 0.3 is 0 Å². The Bertz CT molecular complexity index is 284. The first-order valence-corrected chi connectivity index (χ1v) is 5.90. The second-order valence-electron chi connectivity index (χ2n) is 3.69. The minimum atomic E-state index is 0.985. The molecule has 1 nitrogen and oxygen atoms in total. The standard InChI is InChI=1S/C12H18BrN/c1-4-5-14-8-12-9(2)6-11(13)7-10(12)3/h6-7,14H,4-5,8H2,1-3H3. The summed E-state index contributed by atoms with van der Waals surface area (Å²) in [5.74, 6) is 0. The predicted molar refractivity (Wildman–Crippen MR) is 65.6 cm³/mol. The summed E-state index contributed by atoms with van der Waals surface area (Å²) in [4.78, 5) is 0. The summed E-state index contributed by atoms with van der Waals surface area (Å²) in [7, 11) is 0. The second kappa shape index (κ2) is 5.52. The molecule has 0 aliphatic carbocycles. The quantitative estimate of drug-likeness (QED) is 0.812. The molecule has 2 heteroatoms. The summed E-state index contributed by atoms with van der Waals surface area (Å²) in [6.07, 6.45) is 1.19. The largest absolute Gasteiger partial charge is 0.313 e. The Balaban J connectivity index is 2.75. The maximum atomic E-state index is 3.51. The second-order valence-corrected chi connectivity index (χ2v) is 4.61. The average molecular weight is 256 g/mol. The first-order chi connectivity index (χ1) is 6.65. The molecule has 0 aliphatic rings. The molecule has 0 bridgehead atoms. The van der Waals surface area contributed by atoms with Gasteiger partial charge in [-0.15, -0.1) is 0 Å². The molecular formula is C12H18BrN. The van der Waals surface area contributed by atoms with Gasteiger partial charge in [-0.2, -0.15) is 0 Å². The molecule has 0 fully saturated rings. The molecule has 78 valence electrons. The number of nitrogens with one attached hydrogen (secondary N) is 1. The number of rotatable bonds is 4. The topological polar surface area (TPSA) is 12.0 Å². The Morgan fingerprint density at radius 2 is 1.79 bits per heavy atom. The van der Waals surface area contributed by atoms with Gasteiger partial charge in [-0.25, -0.2) is 0 Å². The van der Waals surface area contributed by atoms with Crippen LogP contribution in [0.4, 0.5) is 0 Å². The van der Waals surface area contributed by atoms with Crippen LogP contribution in [0, 0.1) is 13.8 Å². The van der Waals surface area contributed by atoms with Gasteiger partial charge in [-0.3, -0.25) is 0 Å². The zero-order valence-corrected chi connectivity index (χ0v) is 10.7. The van der Waals surface area contributed by atoms with Crippen LogP contribution in [0.1, 0.15) is 30.0 Å². The molecule has 0 aromatic heterocycles. The molecule has 0 atom stereocenters. The van der Waals surface area contributed by atoms with Gasteiger partial charge in [0.05, 0.1) is 0 Å². The first-order valence-electron chi connectivity index (χ1n) is 5.11. The van der Waals surface area contributed by atoms with Gasteiger partial charge in [0.25, 0.3) is 0 Å². The van der Waals surface area contributed by atoms with Crippen molar-refractivity contribution < 1.29 is 0 Å². The maximum Gasteiger partial charge on any atom is 0.0210 e. The van der Waals surface area contributed by atoms with Crippen molar-refractivity contribution in [2.24, 2.45) is 0 Å². The molecule has 0 saturated carbocycles. The molecule has 0 saturated heterocycles. The van der Waals surface area contributed by atoms with Crippen LogP contribution in [0.3, 0.4) is 0 Å². The third kappa shape index (κ3) is 3.10. The van der Waals surface area contributed by atoms with Crippen molar-refractivity contribution in [1.29, 1.82) is 0 Å². The first kappa shape index (κ1) is 11.7. The van der Waals surface area contributed by atoms with Crippen LogP contribution in [0.25, 0.3) is 0 Å². The highest BCUT2D eigenvalue weighted by molar-refractivity contribution is 9.10. The monoisotopic (exact) mass is 255 g/mol. The molecule has 0 heterocycles. The fraction of sp³-hybridized carbons (Fsp3) is 0.500. The summed E-state index contributed by atoms with van der Waals surface area (Å²) >= 11 is 3.51. The van der Waals surface area contributed by atoms with E-state index >= 15 is 0 Å². The van der Waals surface area contributed by atoms with Crippen LogP contribution in [0.5, 0.6) is 0 Å². The van der Waals surface area contributed by atoms with E-state index in [4.69, 9.17) is 0 Å². The summed E-state index contributed by atoms with van der Waals surface area (Å²) in [6.45, 7) is 8.60. The van der Waals surface area contributed by atoms with Crippen LogP contribution in [-0.4, -0.2) is 6.54 Å². The van der Waals surface area contributed by atoms with E-state index in [2.05, 4.69) is 54.2 Å². The molecule has 0 aliphatic heterocycles. The minimum Gasteiger partial charge on any atom is -0.313 e. The number of aryl methyl sites for hydroxylation is 2. The van der Waals surface area contributed by atoms with E-state index in [1.165, 1.54) is 27.6 Å². The van der Waals surface area contributed by atoms with Crippen LogP contribution in [0.15, 0.2) is 16.6 Å². The van der Waals surface area contributed by atoms with Crippen LogP contribution >= 0.6 is 15.9 Å². The van der Waals surface area contributed by atoms with E-state index in [0.717, 1.165) is 13.1 Å². The van der Waals surface area contributed by atoms with Gasteiger partial charge in [0.1, 0.15) is 0 Å². The van der Waals surface area contributed by atoms with Crippen molar-refractivity contribution in [2.75, 3.05) is 6.54 Å². The third-order valence-corrected chi connectivity index (χ3v) is 2.85. The third-order valence-electron chi connectivity index (χ3n) is 2.39. The molecule has 1 N–H and O–H groups in total. The summed E-state index contributed by atoms with van der Waals surface area (Å²) < 4.78 is 1.17.